The Morgan fingerprint density at radius 1 is 1.23 bits per heavy atom. The molecule has 0 amide bonds. The molecule has 1 aromatic rings. The number of morpholine rings is 1. The molecule has 2 rings (SSSR count). The van der Waals surface area contributed by atoms with E-state index in [0.29, 0.717) is 31.9 Å². The molecule has 0 spiro atoms. The second kappa shape index (κ2) is 6.36. The average Bonchev–Trinajstić information content (AvgIpc) is 2.47. The van der Waals surface area contributed by atoms with Crippen LogP contribution in [0.4, 0.5) is 0 Å². The summed E-state index contributed by atoms with van der Waals surface area (Å²) in [6.07, 6.45) is 1.34. The molecule has 0 aromatic heterocycles. The Morgan fingerprint density at radius 3 is 2.41 bits per heavy atom. The lowest BCUT2D eigenvalue weighted by atomic mass is 10.1. The van der Waals surface area contributed by atoms with E-state index < -0.39 is 15.6 Å². The number of rotatable bonds is 3. The predicted octanol–water partition coefficient (Wildman–Crippen LogP) is 1.44. The quantitative estimate of drug-likeness (QED) is 0.365. The molecule has 1 saturated heterocycles. The molecule has 22 heavy (non-hydrogen) atoms. The minimum absolute atomic E-state index is 0.155. The van der Waals surface area contributed by atoms with Gasteiger partial charge in [-0.2, -0.15) is 4.31 Å². The molecule has 1 fully saturated rings. The largest absolute Gasteiger partial charge is 0.623 e. The van der Waals surface area contributed by atoms with Crippen LogP contribution in [-0.2, 0) is 14.8 Å². The molecule has 0 saturated carbocycles. The third-order valence-electron chi connectivity index (χ3n) is 3.42. The van der Waals surface area contributed by atoms with Crippen molar-refractivity contribution >= 4 is 16.2 Å². The molecule has 1 heterocycles. The van der Waals surface area contributed by atoms with E-state index >= 15 is 0 Å². The van der Waals surface area contributed by atoms with Crippen molar-refractivity contribution in [1.29, 1.82) is 0 Å². The number of nitrogens with zero attached hydrogens (tertiary/aromatic N) is 2. The zero-order valence-corrected chi connectivity index (χ0v) is 14.0. The maximum absolute atomic E-state index is 12.8. The fraction of sp³-hybridized carbons (Fsp3) is 0.533. The minimum atomic E-state index is -3.63. The normalized spacial score (nSPS) is 18.4. The summed E-state index contributed by atoms with van der Waals surface area (Å²) in [5, 5.41) is 12.1. The fourth-order valence-electron chi connectivity index (χ4n) is 2.07. The summed E-state index contributed by atoms with van der Waals surface area (Å²) in [5.41, 5.74) is -0.227. The minimum Gasteiger partial charge on any atom is -0.623 e. The summed E-state index contributed by atoms with van der Waals surface area (Å²) in [4.78, 5) is 0.155. The number of hydroxylamine groups is 1. The number of ether oxygens (including phenoxy) is 1. The van der Waals surface area contributed by atoms with Crippen LogP contribution in [0.25, 0.3) is 0 Å². The van der Waals surface area contributed by atoms with Gasteiger partial charge in [0.05, 0.1) is 23.7 Å². The smallest absolute Gasteiger partial charge is 0.244 e. The summed E-state index contributed by atoms with van der Waals surface area (Å²) in [6.45, 7) is 6.76. The number of hydrogen-bond acceptors (Lipinski definition) is 4. The molecular formula is C15H22N2O4S. The SMILES string of the molecule is CC(C)(C)/[N+]([O-])=C/c1ccccc1S(=O)(=O)N1CCOCC1. The Balaban J connectivity index is 2.44. The van der Waals surface area contributed by atoms with Crippen LogP contribution in [0.2, 0.25) is 0 Å². The molecule has 1 aromatic carbocycles. The van der Waals surface area contributed by atoms with E-state index in [0.717, 1.165) is 4.74 Å². The summed E-state index contributed by atoms with van der Waals surface area (Å²) in [7, 11) is -3.63. The van der Waals surface area contributed by atoms with Gasteiger partial charge in [0.2, 0.25) is 10.0 Å². The third kappa shape index (κ3) is 3.66. The lowest BCUT2D eigenvalue weighted by Gasteiger charge is -2.26. The van der Waals surface area contributed by atoms with Gasteiger partial charge in [0.15, 0.2) is 11.8 Å². The van der Waals surface area contributed by atoms with Crippen molar-refractivity contribution in [3.63, 3.8) is 0 Å². The molecule has 0 radical (unpaired) electrons. The predicted molar refractivity (Wildman–Crippen MR) is 84.6 cm³/mol. The van der Waals surface area contributed by atoms with Crippen molar-refractivity contribution < 1.29 is 17.9 Å². The summed E-state index contributed by atoms with van der Waals surface area (Å²) >= 11 is 0. The van der Waals surface area contributed by atoms with Gasteiger partial charge in [-0.1, -0.05) is 12.1 Å². The van der Waals surface area contributed by atoms with Gasteiger partial charge in [-0.15, -0.1) is 0 Å². The molecule has 1 aliphatic heterocycles. The Hall–Kier alpha value is -1.44. The van der Waals surface area contributed by atoms with Crippen molar-refractivity contribution in [2.45, 2.75) is 31.2 Å². The van der Waals surface area contributed by atoms with E-state index in [2.05, 4.69) is 0 Å². The van der Waals surface area contributed by atoms with Crippen LogP contribution in [0.5, 0.6) is 0 Å². The molecule has 0 aliphatic carbocycles. The number of hydrogen-bond donors (Lipinski definition) is 0. The van der Waals surface area contributed by atoms with Crippen LogP contribution in [-0.4, -0.2) is 55.5 Å². The standard InChI is InChI=1S/C15H22N2O4S/c1-15(2,3)17(18)12-13-6-4-5-7-14(13)22(19,20)16-8-10-21-11-9-16/h4-7,12H,8-11H2,1-3H3/b17-12-. The van der Waals surface area contributed by atoms with E-state index in [-0.39, 0.29) is 4.90 Å². The second-order valence-electron chi connectivity index (χ2n) is 6.18. The molecule has 0 N–H and O–H groups in total. The highest BCUT2D eigenvalue weighted by molar-refractivity contribution is 7.89. The van der Waals surface area contributed by atoms with Crippen LogP contribution in [0, 0.1) is 5.21 Å². The monoisotopic (exact) mass is 326 g/mol. The summed E-state index contributed by atoms with van der Waals surface area (Å²) in [5.74, 6) is 0. The Morgan fingerprint density at radius 2 is 1.82 bits per heavy atom. The van der Waals surface area contributed by atoms with Gasteiger partial charge in [-0.05, 0) is 12.1 Å². The van der Waals surface area contributed by atoms with Crippen LogP contribution in [0.15, 0.2) is 29.2 Å². The first-order chi connectivity index (χ1) is 10.2. The summed E-state index contributed by atoms with van der Waals surface area (Å²) < 4.78 is 32.9. The molecule has 0 atom stereocenters. The van der Waals surface area contributed by atoms with Gasteiger partial charge < -0.3 is 9.94 Å². The number of benzene rings is 1. The van der Waals surface area contributed by atoms with Crippen LogP contribution in [0.3, 0.4) is 0 Å². The van der Waals surface area contributed by atoms with Gasteiger partial charge in [0, 0.05) is 33.9 Å². The van der Waals surface area contributed by atoms with Crippen LogP contribution < -0.4 is 0 Å². The molecule has 0 unspecified atom stereocenters. The summed E-state index contributed by atoms with van der Waals surface area (Å²) in [6, 6.07) is 6.56. The topological polar surface area (TPSA) is 72.7 Å². The Bertz CT molecular complexity index is 656. The highest BCUT2D eigenvalue weighted by Crippen LogP contribution is 2.20. The van der Waals surface area contributed by atoms with E-state index in [1.165, 1.54) is 16.6 Å². The first kappa shape index (κ1) is 16.9. The molecule has 1 aliphatic rings. The van der Waals surface area contributed by atoms with Crippen molar-refractivity contribution in [3.8, 4) is 0 Å². The van der Waals surface area contributed by atoms with Gasteiger partial charge in [-0.25, -0.2) is 13.2 Å². The van der Waals surface area contributed by atoms with Crippen molar-refractivity contribution in [3.05, 3.63) is 35.0 Å². The second-order valence-corrected chi connectivity index (χ2v) is 8.09. The third-order valence-corrected chi connectivity index (χ3v) is 5.40. The van der Waals surface area contributed by atoms with E-state index in [1.807, 2.05) is 0 Å². The molecule has 0 bridgehead atoms. The average molecular weight is 326 g/mol. The molecule has 6 nitrogen and oxygen atoms in total. The lowest BCUT2D eigenvalue weighted by molar-refractivity contribution is -0.530. The van der Waals surface area contributed by atoms with E-state index in [4.69, 9.17) is 4.74 Å². The van der Waals surface area contributed by atoms with Gasteiger partial charge in [-0.3, -0.25) is 0 Å². The van der Waals surface area contributed by atoms with Crippen molar-refractivity contribution in [1.82, 2.24) is 4.31 Å². The Kier molecular flexibility index (Phi) is 4.89. The molecular weight excluding hydrogens is 304 g/mol. The van der Waals surface area contributed by atoms with Crippen molar-refractivity contribution in [2.24, 2.45) is 0 Å². The molecule has 122 valence electrons. The fourth-order valence-corrected chi connectivity index (χ4v) is 3.65. The maximum Gasteiger partial charge on any atom is 0.244 e. The number of sulfonamides is 1. The highest BCUT2D eigenvalue weighted by Gasteiger charge is 2.29. The van der Waals surface area contributed by atoms with E-state index in [9.17, 15) is 13.6 Å². The van der Waals surface area contributed by atoms with Crippen LogP contribution in [0.1, 0.15) is 26.3 Å². The molecule has 7 heteroatoms. The maximum atomic E-state index is 12.8. The van der Waals surface area contributed by atoms with Gasteiger partial charge in [0.1, 0.15) is 0 Å². The van der Waals surface area contributed by atoms with Crippen molar-refractivity contribution in [2.75, 3.05) is 26.3 Å². The lowest BCUT2D eigenvalue weighted by Crippen LogP contribution is -2.41. The zero-order chi connectivity index (χ0) is 16.4. The first-order valence-electron chi connectivity index (χ1n) is 7.21. The van der Waals surface area contributed by atoms with Gasteiger partial charge >= 0.3 is 0 Å². The first-order valence-corrected chi connectivity index (χ1v) is 8.65. The Labute approximate surface area is 131 Å². The van der Waals surface area contributed by atoms with E-state index in [1.54, 1.807) is 39.0 Å². The highest BCUT2D eigenvalue weighted by atomic mass is 32.2. The zero-order valence-electron chi connectivity index (χ0n) is 13.2. The van der Waals surface area contributed by atoms with Gasteiger partial charge in [0.25, 0.3) is 0 Å². The van der Waals surface area contributed by atoms with Crippen LogP contribution >= 0.6 is 0 Å².